The Kier molecular flexibility index (Phi) is 4.69. The molecule has 5 nitrogen and oxygen atoms in total. The molecular weight excluding hydrogens is 328 g/mol. The third kappa shape index (κ3) is 2.75. The molecule has 1 fully saturated rings. The molecule has 0 aromatic heterocycles. The minimum Gasteiger partial charge on any atom is -0.468 e. The lowest BCUT2D eigenvalue weighted by Gasteiger charge is -2.43. The number of Topliss-reactive ketones (excluding diaryl/α,β-unsaturated/α-hetero) is 1. The summed E-state index contributed by atoms with van der Waals surface area (Å²) < 4.78 is 5.81. The average Bonchev–Trinajstić information content (AvgIpc) is 2.54. The van der Waals surface area contributed by atoms with Crippen molar-refractivity contribution in [2.45, 2.75) is 56.9 Å². The molecule has 3 unspecified atom stereocenters. The van der Waals surface area contributed by atoms with Crippen LogP contribution in [0.15, 0.2) is 29.3 Å². The molecule has 0 amide bonds. The molecule has 1 aromatic carbocycles. The molecule has 3 rings (SSSR count). The third-order valence-corrected chi connectivity index (χ3v) is 5.53. The fraction of sp³-hybridized carbons (Fsp3) is 0.556. The number of nitrogens with zero attached hydrogens (tertiary/aromatic N) is 1. The molecule has 3 N–H and O–H groups in total. The van der Waals surface area contributed by atoms with Gasteiger partial charge in [0.15, 0.2) is 11.6 Å². The van der Waals surface area contributed by atoms with Crippen LogP contribution in [0.2, 0.25) is 5.02 Å². The summed E-state index contributed by atoms with van der Waals surface area (Å²) in [7, 11) is 0. The molecule has 0 saturated heterocycles. The average molecular weight is 351 g/mol. The van der Waals surface area contributed by atoms with Gasteiger partial charge in [0.1, 0.15) is 0 Å². The Bertz CT molecular complexity index is 676. The predicted octanol–water partition coefficient (Wildman–Crippen LogP) is 2.43. The second kappa shape index (κ2) is 6.47. The summed E-state index contributed by atoms with van der Waals surface area (Å²) in [6.45, 7) is 3.53. The summed E-state index contributed by atoms with van der Waals surface area (Å²) >= 11 is 6.37. The maximum Gasteiger partial charge on any atom is 0.205 e. The quantitative estimate of drug-likeness (QED) is 0.873. The van der Waals surface area contributed by atoms with Crippen LogP contribution in [0.3, 0.4) is 0 Å². The van der Waals surface area contributed by atoms with Crippen molar-refractivity contribution >= 4 is 23.3 Å². The summed E-state index contributed by atoms with van der Waals surface area (Å²) in [6, 6.07) is 6.74. The molecule has 1 heterocycles. The monoisotopic (exact) mass is 350 g/mol. The van der Waals surface area contributed by atoms with Crippen LogP contribution in [-0.2, 0) is 15.1 Å². The number of ether oxygens (including phenoxy) is 1. The van der Waals surface area contributed by atoms with E-state index in [1.807, 2.05) is 25.1 Å². The van der Waals surface area contributed by atoms with Crippen LogP contribution >= 0.6 is 11.6 Å². The van der Waals surface area contributed by atoms with Crippen molar-refractivity contribution in [3.63, 3.8) is 0 Å². The van der Waals surface area contributed by atoms with Crippen molar-refractivity contribution < 1.29 is 14.6 Å². The van der Waals surface area contributed by atoms with E-state index in [0.717, 1.165) is 6.42 Å². The fourth-order valence-electron chi connectivity index (χ4n) is 3.45. The molecule has 1 aliphatic carbocycles. The van der Waals surface area contributed by atoms with E-state index in [1.165, 1.54) is 0 Å². The number of hydrogen-bond acceptors (Lipinski definition) is 5. The van der Waals surface area contributed by atoms with E-state index >= 15 is 0 Å². The van der Waals surface area contributed by atoms with E-state index in [1.54, 1.807) is 13.0 Å². The molecule has 2 aliphatic rings. The van der Waals surface area contributed by atoms with Gasteiger partial charge in [-0.1, -0.05) is 36.7 Å². The maximum absolute atomic E-state index is 13.0. The van der Waals surface area contributed by atoms with Crippen LogP contribution in [0.1, 0.15) is 38.7 Å². The molecule has 130 valence electrons. The highest BCUT2D eigenvalue weighted by Gasteiger charge is 2.52. The topological polar surface area (TPSA) is 84.9 Å². The van der Waals surface area contributed by atoms with Gasteiger partial charge in [0.25, 0.3) is 0 Å². The number of carbonyl (C=O) groups excluding carboxylic acids is 1. The smallest absolute Gasteiger partial charge is 0.205 e. The van der Waals surface area contributed by atoms with E-state index in [2.05, 4.69) is 4.99 Å². The summed E-state index contributed by atoms with van der Waals surface area (Å²) in [5.74, 6) is 0.0519. The number of ketones is 1. The summed E-state index contributed by atoms with van der Waals surface area (Å²) in [4.78, 5) is 17.6. The standard InChI is InChI=1S/C18H23ClN2O3/c1-10(11(2)22)15(20)17-21-18(12-6-3-4-7-13(12)19)9-5-8-14(24-17)16(18)23/h3-4,6-7,10-11,14-15,22H,5,8-9,20H2,1-2H3/t10?,11?,14-,15?,18-/m1/s1. The number of fused-ring (bicyclic) bond motifs is 2. The first kappa shape index (κ1) is 17.4. The van der Waals surface area contributed by atoms with E-state index in [0.29, 0.717) is 29.3 Å². The Balaban J connectivity index is 2.09. The number of nitrogens with two attached hydrogens (primary N) is 1. The Hall–Kier alpha value is -1.43. The van der Waals surface area contributed by atoms with Crippen LogP contribution in [0, 0.1) is 5.92 Å². The Labute approximate surface area is 146 Å². The molecule has 24 heavy (non-hydrogen) atoms. The number of benzene rings is 1. The third-order valence-electron chi connectivity index (χ3n) is 5.20. The van der Waals surface area contributed by atoms with E-state index < -0.39 is 23.8 Å². The van der Waals surface area contributed by atoms with Gasteiger partial charge in [-0.2, -0.15) is 0 Å². The summed E-state index contributed by atoms with van der Waals surface area (Å²) in [5, 5.41) is 10.3. The van der Waals surface area contributed by atoms with Crippen molar-refractivity contribution in [3.05, 3.63) is 34.9 Å². The number of aliphatic hydroxyl groups excluding tert-OH is 1. The van der Waals surface area contributed by atoms with E-state index in [-0.39, 0.29) is 11.7 Å². The summed E-state index contributed by atoms with van der Waals surface area (Å²) in [5.41, 5.74) is 5.94. The lowest BCUT2D eigenvalue weighted by Crippen LogP contribution is -2.55. The zero-order valence-electron chi connectivity index (χ0n) is 13.9. The van der Waals surface area contributed by atoms with Gasteiger partial charge >= 0.3 is 0 Å². The second-order valence-electron chi connectivity index (χ2n) is 6.78. The number of aliphatic imine (C=N–C) groups is 1. The van der Waals surface area contributed by atoms with E-state index in [9.17, 15) is 9.90 Å². The van der Waals surface area contributed by atoms with Crippen molar-refractivity contribution in [1.29, 1.82) is 0 Å². The number of rotatable bonds is 4. The first-order valence-corrected chi connectivity index (χ1v) is 8.74. The molecule has 6 heteroatoms. The fourth-order valence-corrected chi connectivity index (χ4v) is 3.74. The molecule has 1 saturated carbocycles. The first-order chi connectivity index (χ1) is 11.4. The largest absolute Gasteiger partial charge is 0.468 e. The molecule has 0 radical (unpaired) electrons. The highest BCUT2D eigenvalue weighted by atomic mass is 35.5. The Morgan fingerprint density at radius 2 is 2.12 bits per heavy atom. The second-order valence-corrected chi connectivity index (χ2v) is 7.19. The van der Waals surface area contributed by atoms with Gasteiger partial charge in [-0.25, -0.2) is 4.99 Å². The molecule has 5 atom stereocenters. The number of carbonyl (C=O) groups is 1. The molecule has 0 spiro atoms. The van der Waals surface area contributed by atoms with E-state index in [4.69, 9.17) is 22.1 Å². The van der Waals surface area contributed by atoms with Gasteiger partial charge in [0.2, 0.25) is 11.7 Å². The Morgan fingerprint density at radius 3 is 2.79 bits per heavy atom. The highest BCUT2D eigenvalue weighted by Crippen LogP contribution is 2.44. The van der Waals surface area contributed by atoms with Crippen molar-refractivity contribution in [2.24, 2.45) is 16.6 Å². The van der Waals surface area contributed by atoms with Gasteiger partial charge in [0.05, 0.1) is 12.1 Å². The van der Waals surface area contributed by atoms with Crippen LogP contribution in [0.25, 0.3) is 0 Å². The predicted molar refractivity (Wildman–Crippen MR) is 93.1 cm³/mol. The van der Waals surface area contributed by atoms with Gasteiger partial charge in [-0.05, 0) is 32.3 Å². The summed E-state index contributed by atoms with van der Waals surface area (Å²) in [6.07, 6.45) is 0.934. The first-order valence-electron chi connectivity index (χ1n) is 8.36. The van der Waals surface area contributed by atoms with Crippen LogP contribution in [0.4, 0.5) is 0 Å². The SMILES string of the molecule is CC(O)C(C)C(N)C1=N[C@@]2(c3ccccc3Cl)CCC[C@@H](O1)C2=O. The van der Waals surface area contributed by atoms with Gasteiger partial charge in [0, 0.05) is 16.5 Å². The minimum absolute atomic E-state index is 0.0532. The van der Waals surface area contributed by atoms with Gasteiger partial charge in [-0.3, -0.25) is 4.79 Å². The molecule has 1 aliphatic heterocycles. The lowest BCUT2D eigenvalue weighted by molar-refractivity contribution is -0.137. The highest BCUT2D eigenvalue weighted by molar-refractivity contribution is 6.32. The van der Waals surface area contributed by atoms with Crippen molar-refractivity contribution in [3.8, 4) is 0 Å². The number of hydrogen-bond donors (Lipinski definition) is 2. The number of aliphatic hydroxyl groups is 1. The van der Waals surface area contributed by atoms with Crippen LogP contribution < -0.4 is 5.73 Å². The lowest BCUT2D eigenvalue weighted by atomic mass is 9.73. The zero-order valence-corrected chi connectivity index (χ0v) is 14.7. The minimum atomic E-state index is -1.02. The van der Waals surface area contributed by atoms with Crippen molar-refractivity contribution in [2.75, 3.05) is 0 Å². The maximum atomic E-state index is 13.0. The normalized spacial score (nSPS) is 30.1. The van der Waals surface area contributed by atoms with Gasteiger partial charge < -0.3 is 15.6 Å². The molecule has 2 bridgehead atoms. The molecular formula is C18H23ClN2O3. The zero-order chi connectivity index (χ0) is 17.5. The van der Waals surface area contributed by atoms with Crippen LogP contribution in [-0.4, -0.2) is 35.0 Å². The van der Waals surface area contributed by atoms with Gasteiger partial charge in [-0.15, -0.1) is 0 Å². The number of halogens is 1. The van der Waals surface area contributed by atoms with Crippen LogP contribution in [0.5, 0.6) is 0 Å². The molecule has 1 aromatic rings. The Morgan fingerprint density at radius 1 is 1.42 bits per heavy atom. The van der Waals surface area contributed by atoms with Crippen molar-refractivity contribution in [1.82, 2.24) is 0 Å².